The van der Waals surface area contributed by atoms with E-state index < -0.39 is 10.0 Å². The number of aromatic nitrogens is 3. The predicted molar refractivity (Wildman–Crippen MR) is 153 cm³/mol. The van der Waals surface area contributed by atoms with Crippen LogP contribution >= 0.6 is 11.6 Å². The Morgan fingerprint density at radius 1 is 1.21 bits per heavy atom. The van der Waals surface area contributed by atoms with E-state index in [2.05, 4.69) is 44.3 Å². The fourth-order valence-electron chi connectivity index (χ4n) is 5.09. The first-order valence-electron chi connectivity index (χ1n) is 13.4. The van der Waals surface area contributed by atoms with Crippen LogP contribution in [0.2, 0.25) is 5.02 Å². The lowest BCUT2D eigenvalue weighted by atomic mass is 10.0. The van der Waals surface area contributed by atoms with Gasteiger partial charge in [0.25, 0.3) is 0 Å². The topological polar surface area (TPSA) is 125 Å². The van der Waals surface area contributed by atoms with Gasteiger partial charge in [-0.25, -0.2) is 8.42 Å². The average Bonchev–Trinajstić information content (AvgIpc) is 3.34. The number of piperidine rings is 1. The summed E-state index contributed by atoms with van der Waals surface area (Å²) in [6.07, 6.45) is 4.21. The number of ether oxygens (including phenoxy) is 2. The maximum atomic E-state index is 13.5. The van der Waals surface area contributed by atoms with Crippen LogP contribution in [-0.4, -0.2) is 91.2 Å². The number of sulfonamides is 1. The lowest BCUT2D eigenvalue weighted by Crippen LogP contribution is -2.50. The second-order valence-electron chi connectivity index (χ2n) is 9.98. The fraction of sp³-hybridized carbons (Fsp3) is 0.538. The number of morpholine rings is 1. The Bertz CT molecular complexity index is 1400. The van der Waals surface area contributed by atoms with Crippen LogP contribution in [0, 0.1) is 0 Å². The van der Waals surface area contributed by atoms with Gasteiger partial charge in [-0.15, -0.1) is 0 Å². The van der Waals surface area contributed by atoms with Crippen LogP contribution in [0.3, 0.4) is 0 Å². The molecule has 11 nitrogen and oxygen atoms in total. The smallest absolute Gasteiger partial charge is 0.243 e. The number of nitrogens with zero attached hydrogens (tertiary/aromatic N) is 4. The standard InChI is InChI=1S/C26H36ClN7O4S/c1-4-17(2)29-25-23-20(27)16-28-24(23)31-26(32-25)30-21-6-5-19(15-22(21)37-3)39(35,36)34-9-7-18(8-10-34)33-11-13-38-14-12-33/h5-6,15-18H,4,7-14H2,1-3H3,(H3,28,29,30,31,32). The molecule has 1 aromatic carbocycles. The van der Waals surface area contributed by atoms with Crippen molar-refractivity contribution >= 4 is 50.1 Å². The summed E-state index contributed by atoms with van der Waals surface area (Å²) in [5.41, 5.74) is 1.14. The van der Waals surface area contributed by atoms with E-state index in [1.807, 2.05) is 0 Å². The Balaban J connectivity index is 1.34. The van der Waals surface area contributed by atoms with Crippen LogP contribution in [0.4, 0.5) is 17.5 Å². The summed E-state index contributed by atoms with van der Waals surface area (Å²) in [6, 6.07) is 5.40. The van der Waals surface area contributed by atoms with E-state index in [4.69, 9.17) is 21.1 Å². The number of benzene rings is 1. The molecule has 2 aromatic heterocycles. The number of aromatic amines is 1. The van der Waals surface area contributed by atoms with Gasteiger partial charge < -0.3 is 25.1 Å². The molecule has 2 aliphatic rings. The molecule has 39 heavy (non-hydrogen) atoms. The highest BCUT2D eigenvalue weighted by Crippen LogP contribution is 2.34. The van der Waals surface area contributed by atoms with Crippen LogP contribution in [0.15, 0.2) is 29.3 Å². The van der Waals surface area contributed by atoms with E-state index in [0.717, 1.165) is 45.6 Å². The number of hydrogen-bond donors (Lipinski definition) is 3. The molecule has 3 N–H and O–H groups in total. The first-order chi connectivity index (χ1) is 18.8. The summed E-state index contributed by atoms with van der Waals surface area (Å²) in [6.45, 7) is 8.43. The van der Waals surface area contributed by atoms with Gasteiger partial charge in [-0.05, 0) is 38.3 Å². The first-order valence-corrected chi connectivity index (χ1v) is 15.2. The van der Waals surface area contributed by atoms with Crippen LogP contribution in [0.1, 0.15) is 33.1 Å². The normalized spacial score (nSPS) is 18.8. The van der Waals surface area contributed by atoms with Gasteiger partial charge in [-0.3, -0.25) is 4.90 Å². The molecule has 0 bridgehead atoms. The lowest BCUT2D eigenvalue weighted by Gasteiger charge is -2.39. The molecule has 2 saturated heterocycles. The predicted octanol–water partition coefficient (Wildman–Crippen LogP) is 4.06. The minimum atomic E-state index is -3.67. The Kier molecular flexibility index (Phi) is 8.48. The maximum absolute atomic E-state index is 13.5. The summed E-state index contributed by atoms with van der Waals surface area (Å²) in [5.74, 6) is 1.32. The van der Waals surface area contributed by atoms with E-state index in [-0.39, 0.29) is 10.9 Å². The largest absolute Gasteiger partial charge is 0.495 e. The molecule has 2 fully saturated rings. The van der Waals surface area contributed by atoms with Crippen molar-refractivity contribution in [3.8, 4) is 5.75 Å². The van der Waals surface area contributed by atoms with Crippen molar-refractivity contribution in [3.05, 3.63) is 29.4 Å². The van der Waals surface area contributed by atoms with E-state index >= 15 is 0 Å². The molecule has 2 aliphatic heterocycles. The highest BCUT2D eigenvalue weighted by atomic mass is 35.5. The first kappa shape index (κ1) is 27.9. The average molecular weight is 578 g/mol. The van der Waals surface area contributed by atoms with Gasteiger partial charge in [0.05, 0.1) is 41.3 Å². The van der Waals surface area contributed by atoms with E-state index in [9.17, 15) is 8.42 Å². The van der Waals surface area contributed by atoms with E-state index in [1.165, 1.54) is 7.11 Å². The molecule has 5 rings (SSSR count). The highest BCUT2D eigenvalue weighted by molar-refractivity contribution is 7.89. The Morgan fingerprint density at radius 2 is 1.95 bits per heavy atom. The molecule has 1 atom stereocenters. The second kappa shape index (κ2) is 11.8. The van der Waals surface area contributed by atoms with Gasteiger partial charge in [-0.2, -0.15) is 14.3 Å². The molecule has 4 heterocycles. The molecule has 3 aromatic rings. The van der Waals surface area contributed by atoms with Crippen molar-refractivity contribution in [2.45, 2.75) is 50.1 Å². The summed E-state index contributed by atoms with van der Waals surface area (Å²) in [5, 5.41) is 7.81. The molecule has 0 aliphatic carbocycles. The van der Waals surface area contributed by atoms with Crippen molar-refractivity contribution in [2.24, 2.45) is 0 Å². The Labute approximate surface area is 234 Å². The van der Waals surface area contributed by atoms with Crippen LogP contribution in [-0.2, 0) is 14.8 Å². The van der Waals surface area contributed by atoms with Crippen molar-refractivity contribution in [1.82, 2.24) is 24.2 Å². The molecule has 0 saturated carbocycles. The molecular formula is C26H36ClN7O4S. The zero-order valence-corrected chi connectivity index (χ0v) is 24.1. The van der Waals surface area contributed by atoms with Gasteiger partial charge in [0.1, 0.15) is 17.2 Å². The Morgan fingerprint density at radius 3 is 2.64 bits per heavy atom. The molecule has 0 amide bonds. The summed E-state index contributed by atoms with van der Waals surface area (Å²) in [4.78, 5) is 14.9. The zero-order chi connectivity index (χ0) is 27.6. The van der Waals surface area contributed by atoms with Crippen molar-refractivity contribution in [2.75, 3.05) is 57.1 Å². The van der Waals surface area contributed by atoms with Crippen LogP contribution in [0.25, 0.3) is 11.0 Å². The number of fused-ring (bicyclic) bond motifs is 1. The number of rotatable bonds is 9. The molecule has 1 unspecified atom stereocenters. The van der Waals surface area contributed by atoms with Gasteiger partial charge in [0.2, 0.25) is 16.0 Å². The molecule has 0 radical (unpaired) electrons. The van der Waals surface area contributed by atoms with Gasteiger partial charge in [-0.1, -0.05) is 18.5 Å². The van der Waals surface area contributed by atoms with Gasteiger partial charge in [0.15, 0.2) is 0 Å². The maximum Gasteiger partial charge on any atom is 0.243 e. The lowest BCUT2D eigenvalue weighted by molar-refractivity contribution is 0.00610. The zero-order valence-electron chi connectivity index (χ0n) is 22.5. The molecule has 212 valence electrons. The van der Waals surface area contributed by atoms with Gasteiger partial charge in [0, 0.05) is 50.5 Å². The number of anilines is 3. The van der Waals surface area contributed by atoms with Crippen LogP contribution in [0.5, 0.6) is 5.75 Å². The number of nitrogens with one attached hydrogen (secondary N) is 3. The summed E-state index contributed by atoms with van der Waals surface area (Å²) in [7, 11) is -2.16. The third-order valence-corrected chi connectivity index (χ3v) is 9.71. The summed E-state index contributed by atoms with van der Waals surface area (Å²) >= 11 is 6.38. The number of H-pyrrole nitrogens is 1. The monoisotopic (exact) mass is 577 g/mol. The minimum Gasteiger partial charge on any atom is -0.495 e. The number of methoxy groups -OCH3 is 1. The van der Waals surface area contributed by atoms with E-state index in [1.54, 1.807) is 28.7 Å². The SMILES string of the molecule is CCC(C)Nc1nc(Nc2ccc(S(=O)(=O)N3CCC(N4CCOCC4)CC3)cc2OC)nc2[nH]cc(Cl)c12. The van der Waals surface area contributed by atoms with Crippen molar-refractivity contribution in [1.29, 1.82) is 0 Å². The Hall–Kier alpha value is -2.64. The molecule has 13 heteroatoms. The third-order valence-electron chi connectivity index (χ3n) is 7.52. The van der Waals surface area contributed by atoms with Gasteiger partial charge >= 0.3 is 0 Å². The minimum absolute atomic E-state index is 0.180. The number of hydrogen-bond acceptors (Lipinski definition) is 9. The van der Waals surface area contributed by atoms with Crippen LogP contribution < -0.4 is 15.4 Å². The van der Waals surface area contributed by atoms with E-state index in [0.29, 0.717) is 58.4 Å². The van der Waals surface area contributed by atoms with Crippen molar-refractivity contribution in [3.63, 3.8) is 0 Å². The van der Waals surface area contributed by atoms with Crippen molar-refractivity contribution < 1.29 is 17.9 Å². The quantitative estimate of drug-likeness (QED) is 0.345. The molecule has 0 spiro atoms. The second-order valence-corrected chi connectivity index (χ2v) is 12.3. The summed E-state index contributed by atoms with van der Waals surface area (Å²) < 4.78 is 39.6. The number of halogens is 1. The fourth-order valence-corrected chi connectivity index (χ4v) is 6.81. The molecular weight excluding hydrogens is 542 g/mol. The third kappa shape index (κ3) is 5.94. The highest BCUT2D eigenvalue weighted by Gasteiger charge is 2.32.